The molecule has 0 saturated carbocycles. The van der Waals surface area contributed by atoms with E-state index in [2.05, 4.69) is 9.46 Å². The summed E-state index contributed by atoms with van der Waals surface area (Å²) in [6.45, 7) is 0. The number of hydrogen-bond donors (Lipinski definition) is 1. The fourth-order valence-electron chi connectivity index (χ4n) is 1.68. The number of carbonyl (C=O) groups excluding carboxylic acids is 1. The van der Waals surface area contributed by atoms with Crippen LogP contribution in [-0.2, 0) is 14.8 Å². The smallest absolute Gasteiger partial charge is 0.337 e. The lowest BCUT2D eigenvalue weighted by molar-refractivity contribution is 0.0600. The maximum Gasteiger partial charge on any atom is 0.337 e. The van der Waals surface area contributed by atoms with Gasteiger partial charge in [0.1, 0.15) is 10.7 Å². The number of esters is 1. The van der Waals surface area contributed by atoms with E-state index in [0.29, 0.717) is 0 Å². The normalized spacial score (nSPS) is 11.0. The molecule has 116 valence electrons. The zero-order chi connectivity index (χ0) is 16.3. The zero-order valence-corrected chi connectivity index (χ0v) is 12.9. The van der Waals surface area contributed by atoms with E-state index in [1.165, 1.54) is 31.4 Å². The molecule has 0 aromatic heterocycles. The third-order valence-corrected chi connectivity index (χ3v) is 4.60. The molecule has 1 N–H and O–H groups in total. The molecule has 0 unspecified atom stereocenters. The van der Waals surface area contributed by atoms with Crippen LogP contribution in [0, 0.1) is 5.82 Å². The summed E-state index contributed by atoms with van der Waals surface area (Å²) in [4.78, 5) is 11.2. The Morgan fingerprint density at radius 1 is 1.18 bits per heavy atom. The number of rotatable bonds is 4. The predicted molar refractivity (Wildman–Crippen MR) is 80.0 cm³/mol. The maximum absolute atomic E-state index is 12.8. The van der Waals surface area contributed by atoms with Crippen molar-refractivity contribution < 1.29 is 22.3 Å². The number of methoxy groups -OCH3 is 1. The number of sulfonamides is 1. The highest BCUT2D eigenvalue weighted by molar-refractivity contribution is 7.92. The molecule has 2 rings (SSSR count). The Balaban J connectivity index is 2.40. The number of halogens is 2. The summed E-state index contributed by atoms with van der Waals surface area (Å²) < 4.78 is 44.3. The van der Waals surface area contributed by atoms with Gasteiger partial charge in [0.2, 0.25) is 0 Å². The Labute approximate surface area is 131 Å². The van der Waals surface area contributed by atoms with E-state index in [4.69, 9.17) is 11.6 Å². The van der Waals surface area contributed by atoms with Crippen LogP contribution in [0.3, 0.4) is 0 Å². The van der Waals surface area contributed by atoms with Gasteiger partial charge in [-0.25, -0.2) is 17.6 Å². The van der Waals surface area contributed by atoms with Gasteiger partial charge in [0.15, 0.2) is 0 Å². The lowest BCUT2D eigenvalue weighted by Gasteiger charge is -2.10. The third kappa shape index (κ3) is 3.55. The first kappa shape index (κ1) is 16.3. The van der Waals surface area contributed by atoms with Crippen LogP contribution in [0.15, 0.2) is 47.4 Å². The number of hydrogen-bond acceptors (Lipinski definition) is 4. The molecule has 8 heteroatoms. The molecule has 2 aromatic rings. The van der Waals surface area contributed by atoms with Crippen LogP contribution in [0.2, 0.25) is 5.02 Å². The van der Waals surface area contributed by atoms with Crippen LogP contribution in [0.5, 0.6) is 0 Å². The first-order chi connectivity index (χ1) is 10.3. The van der Waals surface area contributed by atoms with Gasteiger partial charge in [-0.15, -0.1) is 0 Å². The van der Waals surface area contributed by atoms with Gasteiger partial charge in [-0.2, -0.15) is 0 Å². The molecule has 22 heavy (non-hydrogen) atoms. The Hall–Kier alpha value is -2.12. The average molecular weight is 344 g/mol. The minimum absolute atomic E-state index is 0.0476. The first-order valence-corrected chi connectivity index (χ1v) is 7.86. The molecule has 5 nitrogen and oxygen atoms in total. The van der Waals surface area contributed by atoms with Crippen LogP contribution in [0.4, 0.5) is 10.1 Å². The summed E-state index contributed by atoms with van der Waals surface area (Å²) in [7, 11) is -2.85. The Morgan fingerprint density at radius 2 is 1.82 bits per heavy atom. The van der Waals surface area contributed by atoms with Crippen molar-refractivity contribution in [2.24, 2.45) is 0 Å². The standard InChI is InChI=1S/C14H11ClFNO4S/c1-21-14(18)9-2-7-12(15)13(8-9)22(19,20)17-11-5-3-10(16)4-6-11/h2-8,17H,1H3. The second-order valence-electron chi connectivity index (χ2n) is 4.25. The number of nitrogens with one attached hydrogen (secondary N) is 1. The molecule has 0 aliphatic rings. The third-order valence-electron chi connectivity index (χ3n) is 2.74. The Kier molecular flexibility index (Phi) is 4.68. The van der Waals surface area contributed by atoms with Gasteiger partial charge in [0.25, 0.3) is 10.0 Å². The van der Waals surface area contributed by atoms with Gasteiger partial charge in [-0.1, -0.05) is 11.6 Å². The minimum Gasteiger partial charge on any atom is -0.465 e. The molecule has 0 aliphatic heterocycles. The van der Waals surface area contributed by atoms with Crippen molar-refractivity contribution >= 4 is 33.3 Å². The van der Waals surface area contributed by atoms with Gasteiger partial charge in [-0.3, -0.25) is 4.72 Å². The summed E-state index contributed by atoms with van der Waals surface area (Å²) >= 11 is 5.89. The summed E-state index contributed by atoms with van der Waals surface area (Å²) in [5.74, 6) is -1.18. The largest absolute Gasteiger partial charge is 0.465 e. The van der Waals surface area contributed by atoms with E-state index in [1.54, 1.807) is 0 Å². The van der Waals surface area contributed by atoms with E-state index in [9.17, 15) is 17.6 Å². The molecule has 0 aliphatic carbocycles. The average Bonchev–Trinajstić information content (AvgIpc) is 2.49. The SMILES string of the molecule is COC(=O)c1ccc(Cl)c(S(=O)(=O)Nc2ccc(F)cc2)c1. The van der Waals surface area contributed by atoms with Crippen LogP contribution in [0.1, 0.15) is 10.4 Å². The molecular weight excluding hydrogens is 333 g/mol. The van der Waals surface area contributed by atoms with Crippen molar-refractivity contribution in [3.63, 3.8) is 0 Å². The Bertz CT molecular complexity index is 806. The second kappa shape index (κ2) is 6.33. The fourth-order valence-corrected chi connectivity index (χ4v) is 3.27. The molecule has 0 heterocycles. The zero-order valence-electron chi connectivity index (χ0n) is 11.3. The van der Waals surface area contributed by atoms with Crippen LogP contribution in [-0.4, -0.2) is 21.5 Å². The molecule has 0 fully saturated rings. The first-order valence-electron chi connectivity index (χ1n) is 6.00. The summed E-state index contributed by atoms with van der Waals surface area (Å²) in [5.41, 5.74) is 0.215. The molecule has 0 bridgehead atoms. The monoisotopic (exact) mass is 343 g/mol. The van der Waals surface area contributed by atoms with E-state index in [-0.39, 0.29) is 21.2 Å². The van der Waals surface area contributed by atoms with Crippen molar-refractivity contribution in [2.45, 2.75) is 4.90 Å². The van der Waals surface area contributed by atoms with E-state index >= 15 is 0 Å². The van der Waals surface area contributed by atoms with Crippen molar-refractivity contribution in [3.05, 3.63) is 58.9 Å². The predicted octanol–water partition coefficient (Wildman–Crippen LogP) is 3.07. The lowest BCUT2D eigenvalue weighted by atomic mass is 10.2. The fraction of sp³-hybridized carbons (Fsp3) is 0.0714. The number of ether oxygens (including phenoxy) is 1. The maximum atomic E-state index is 12.8. The van der Waals surface area contributed by atoms with Gasteiger partial charge in [-0.05, 0) is 42.5 Å². The van der Waals surface area contributed by atoms with Gasteiger partial charge < -0.3 is 4.74 Å². The lowest BCUT2D eigenvalue weighted by Crippen LogP contribution is -2.14. The van der Waals surface area contributed by atoms with Gasteiger partial charge >= 0.3 is 5.97 Å². The van der Waals surface area contributed by atoms with Crippen LogP contribution in [0.25, 0.3) is 0 Å². The minimum atomic E-state index is -4.03. The van der Waals surface area contributed by atoms with Crippen molar-refractivity contribution in [1.82, 2.24) is 0 Å². The summed E-state index contributed by atoms with van der Waals surface area (Å²) in [5, 5.41) is -0.0535. The van der Waals surface area contributed by atoms with Crippen molar-refractivity contribution in [1.29, 1.82) is 0 Å². The summed E-state index contributed by atoms with van der Waals surface area (Å²) in [6.07, 6.45) is 0. The topological polar surface area (TPSA) is 72.5 Å². The molecule has 0 amide bonds. The second-order valence-corrected chi connectivity index (χ2v) is 6.31. The van der Waals surface area contributed by atoms with E-state index < -0.39 is 21.8 Å². The molecule has 2 aromatic carbocycles. The van der Waals surface area contributed by atoms with Crippen LogP contribution >= 0.6 is 11.6 Å². The molecule has 0 radical (unpaired) electrons. The quantitative estimate of drug-likeness (QED) is 0.866. The van der Waals surface area contributed by atoms with Gasteiger partial charge in [0.05, 0.1) is 17.7 Å². The number of anilines is 1. The van der Waals surface area contributed by atoms with E-state index in [0.717, 1.165) is 18.2 Å². The highest BCUT2D eigenvalue weighted by Crippen LogP contribution is 2.25. The van der Waals surface area contributed by atoms with Crippen LogP contribution < -0.4 is 4.72 Å². The number of carbonyl (C=O) groups is 1. The highest BCUT2D eigenvalue weighted by Gasteiger charge is 2.20. The summed E-state index contributed by atoms with van der Waals surface area (Å²) in [6, 6.07) is 8.52. The van der Waals surface area contributed by atoms with Crippen molar-refractivity contribution in [3.8, 4) is 0 Å². The number of benzene rings is 2. The molecule has 0 atom stereocenters. The highest BCUT2D eigenvalue weighted by atomic mass is 35.5. The van der Waals surface area contributed by atoms with E-state index in [1.807, 2.05) is 0 Å². The molecular formula is C14H11ClFNO4S. The van der Waals surface area contributed by atoms with Gasteiger partial charge in [0, 0.05) is 5.69 Å². The Morgan fingerprint density at radius 3 is 2.41 bits per heavy atom. The molecule has 0 saturated heterocycles. The molecule has 0 spiro atoms. The van der Waals surface area contributed by atoms with Crippen molar-refractivity contribution in [2.75, 3.05) is 11.8 Å².